The fourth-order valence-electron chi connectivity index (χ4n) is 1.18. The third-order valence-corrected chi connectivity index (χ3v) is 2.65. The fourth-order valence-corrected chi connectivity index (χ4v) is 1.18. The SMILES string of the molecule is CNC(C)(COc1cccc([N+](=O)[O-])c1)C(N)=O. The maximum Gasteiger partial charge on any atom is 0.273 e. The first kappa shape index (κ1) is 13.9. The van der Waals surface area contributed by atoms with Crippen LogP contribution < -0.4 is 15.8 Å². The number of nitro benzene ring substituents is 1. The van der Waals surface area contributed by atoms with Crippen LogP contribution in [0.3, 0.4) is 0 Å². The number of nitrogens with one attached hydrogen (secondary N) is 1. The van der Waals surface area contributed by atoms with E-state index >= 15 is 0 Å². The normalized spacial score (nSPS) is 13.7. The summed E-state index contributed by atoms with van der Waals surface area (Å²) in [5.74, 6) is -0.248. The second-order valence-electron chi connectivity index (χ2n) is 3.99. The number of non-ortho nitro benzene ring substituents is 1. The Morgan fingerprint density at radius 2 is 2.28 bits per heavy atom. The zero-order valence-electron chi connectivity index (χ0n) is 10.2. The standard InChI is InChI=1S/C11H15N3O4/c1-11(13-2,10(12)15)7-18-9-5-3-4-8(6-9)14(16)17/h3-6,13H,7H2,1-2H3,(H2,12,15). The molecule has 0 radical (unpaired) electrons. The molecule has 98 valence electrons. The first-order chi connectivity index (χ1) is 8.39. The van der Waals surface area contributed by atoms with Crippen LogP contribution in [0.2, 0.25) is 0 Å². The van der Waals surface area contributed by atoms with E-state index in [1.807, 2.05) is 0 Å². The van der Waals surface area contributed by atoms with Gasteiger partial charge in [0.2, 0.25) is 5.91 Å². The molecule has 1 atom stereocenters. The number of hydrogen-bond donors (Lipinski definition) is 2. The zero-order valence-corrected chi connectivity index (χ0v) is 10.2. The van der Waals surface area contributed by atoms with E-state index in [0.29, 0.717) is 5.75 Å². The van der Waals surface area contributed by atoms with E-state index in [-0.39, 0.29) is 12.3 Å². The van der Waals surface area contributed by atoms with Crippen molar-refractivity contribution >= 4 is 11.6 Å². The quantitative estimate of drug-likeness (QED) is 0.565. The minimum absolute atomic E-state index is 0.0139. The zero-order chi connectivity index (χ0) is 13.8. The number of benzene rings is 1. The van der Waals surface area contributed by atoms with Crippen molar-refractivity contribution in [2.45, 2.75) is 12.5 Å². The van der Waals surface area contributed by atoms with Crippen LogP contribution in [0.4, 0.5) is 5.69 Å². The van der Waals surface area contributed by atoms with Crippen molar-refractivity contribution in [2.24, 2.45) is 5.73 Å². The Balaban J connectivity index is 2.77. The smallest absolute Gasteiger partial charge is 0.273 e. The Hall–Kier alpha value is -2.15. The van der Waals surface area contributed by atoms with Gasteiger partial charge in [-0.25, -0.2) is 0 Å². The lowest BCUT2D eigenvalue weighted by Gasteiger charge is -2.25. The van der Waals surface area contributed by atoms with Gasteiger partial charge in [-0.05, 0) is 20.0 Å². The van der Waals surface area contributed by atoms with Gasteiger partial charge in [0.1, 0.15) is 17.9 Å². The van der Waals surface area contributed by atoms with Crippen molar-refractivity contribution < 1.29 is 14.5 Å². The fraction of sp³-hybridized carbons (Fsp3) is 0.364. The second kappa shape index (κ2) is 5.46. The van der Waals surface area contributed by atoms with Crippen LogP contribution in [0.5, 0.6) is 5.75 Å². The number of primary amides is 1. The molecule has 0 saturated carbocycles. The number of likely N-dealkylation sites (N-methyl/N-ethyl adjacent to an activating group) is 1. The van der Waals surface area contributed by atoms with Crippen LogP contribution in [-0.2, 0) is 4.79 Å². The molecule has 0 bridgehead atoms. The van der Waals surface area contributed by atoms with Crippen LogP contribution in [0, 0.1) is 10.1 Å². The van der Waals surface area contributed by atoms with E-state index in [1.165, 1.54) is 18.2 Å². The van der Waals surface area contributed by atoms with Crippen LogP contribution in [0.1, 0.15) is 6.92 Å². The highest BCUT2D eigenvalue weighted by Gasteiger charge is 2.30. The van der Waals surface area contributed by atoms with Gasteiger partial charge < -0.3 is 15.8 Å². The first-order valence-corrected chi connectivity index (χ1v) is 5.25. The molecule has 1 rings (SSSR count). The summed E-state index contributed by atoms with van der Waals surface area (Å²) in [6, 6.07) is 5.73. The highest BCUT2D eigenvalue weighted by Crippen LogP contribution is 2.20. The monoisotopic (exact) mass is 253 g/mol. The summed E-state index contributed by atoms with van der Waals surface area (Å²) >= 11 is 0. The second-order valence-corrected chi connectivity index (χ2v) is 3.99. The highest BCUT2D eigenvalue weighted by atomic mass is 16.6. The van der Waals surface area contributed by atoms with Gasteiger partial charge in [-0.3, -0.25) is 14.9 Å². The Labute approximate surface area is 104 Å². The van der Waals surface area contributed by atoms with Crippen molar-refractivity contribution in [1.29, 1.82) is 0 Å². The lowest BCUT2D eigenvalue weighted by Crippen LogP contribution is -2.55. The molecule has 0 aliphatic heterocycles. The lowest BCUT2D eigenvalue weighted by atomic mass is 10.0. The molecular weight excluding hydrogens is 238 g/mol. The summed E-state index contributed by atoms with van der Waals surface area (Å²) in [6.07, 6.45) is 0. The molecule has 0 fully saturated rings. The lowest BCUT2D eigenvalue weighted by molar-refractivity contribution is -0.384. The maximum absolute atomic E-state index is 11.2. The number of nitrogens with zero attached hydrogens (tertiary/aromatic N) is 1. The number of ether oxygens (including phenoxy) is 1. The molecule has 0 aliphatic carbocycles. The van der Waals surface area contributed by atoms with Gasteiger partial charge >= 0.3 is 0 Å². The molecule has 7 nitrogen and oxygen atoms in total. The van der Waals surface area contributed by atoms with Crippen molar-refractivity contribution in [1.82, 2.24) is 5.32 Å². The van der Waals surface area contributed by atoms with E-state index in [1.54, 1.807) is 20.0 Å². The van der Waals surface area contributed by atoms with Crippen LogP contribution in [-0.4, -0.2) is 30.0 Å². The minimum atomic E-state index is -1.02. The van der Waals surface area contributed by atoms with Gasteiger partial charge in [-0.1, -0.05) is 6.07 Å². The van der Waals surface area contributed by atoms with Crippen LogP contribution >= 0.6 is 0 Å². The average molecular weight is 253 g/mol. The molecule has 0 spiro atoms. The number of carbonyl (C=O) groups is 1. The predicted octanol–water partition coefficient (Wildman–Crippen LogP) is 0.437. The van der Waals surface area contributed by atoms with E-state index in [9.17, 15) is 14.9 Å². The van der Waals surface area contributed by atoms with Crippen molar-refractivity contribution in [3.63, 3.8) is 0 Å². The van der Waals surface area contributed by atoms with Crippen LogP contribution in [0.25, 0.3) is 0 Å². The maximum atomic E-state index is 11.2. The van der Waals surface area contributed by atoms with Gasteiger partial charge in [-0.15, -0.1) is 0 Å². The third kappa shape index (κ3) is 3.17. The van der Waals surface area contributed by atoms with Gasteiger partial charge in [0.25, 0.3) is 5.69 Å². The molecule has 1 aromatic carbocycles. The van der Waals surface area contributed by atoms with E-state index < -0.39 is 16.4 Å². The number of carbonyl (C=O) groups excluding carboxylic acids is 1. The largest absolute Gasteiger partial charge is 0.491 e. The van der Waals surface area contributed by atoms with Crippen LogP contribution in [0.15, 0.2) is 24.3 Å². The molecule has 0 aliphatic rings. The van der Waals surface area contributed by atoms with E-state index in [4.69, 9.17) is 10.5 Å². The van der Waals surface area contributed by atoms with Gasteiger partial charge in [-0.2, -0.15) is 0 Å². The molecule has 0 aromatic heterocycles. The first-order valence-electron chi connectivity index (χ1n) is 5.25. The summed E-state index contributed by atoms with van der Waals surface area (Å²) in [6.45, 7) is 1.58. The molecule has 18 heavy (non-hydrogen) atoms. The summed E-state index contributed by atoms with van der Waals surface area (Å²) in [5.41, 5.74) is 4.14. The Bertz CT molecular complexity index is 463. The Morgan fingerprint density at radius 3 is 2.78 bits per heavy atom. The van der Waals surface area contributed by atoms with E-state index in [2.05, 4.69) is 5.32 Å². The van der Waals surface area contributed by atoms with Crippen molar-refractivity contribution in [3.8, 4) is 5.75 Å². The summed E-state index contributed by atoms with van der Waals surface area (Å²) in [5, 5.41) is 13.3. The third-order valence-electron chi connectivity index (χ3n) is 2.65. The minimum Gasteiger partial charge on any atom is -0.491 e. The Kier molecular flexibility index (Phi) is 4.22. The topological polar surface area (TPSA) is 107 Å². The van der Waals surface area contributed by atoms with Crippen molar-refractivity contribution in [3.05, 3.63) is 34.4 Å². The van der Waals surface area contributed by atoms with Crippen molar-refractivity contribution in [2.75, 3.05) is 13.7 Å². The highest BCUT2D eigenvalue weighted by molar-refractivity contribution is 5.84. The molecule has 1 aromatic rings. The molecule has 1 amide bonds. The predicted molar refractivity (Wildman–Crippen MR) is 65.3 cm³/mol. The Morgan fingerprint density at radius 1 is 1.61 bits per heavy atom. The average Bonchev–Trinajstić information content (AvgIpc) is 2.36. The number of nitrogens with two attached hydrogens (primary N) is 1. The molecule has 0 saturated heterocycles. The summed E-state index contributed by atoms with van der Waals surface area (Å²) < 4.78 is 5.35. The number of amides is 1. The molecule has 7 heteroatoms. The summed E-state index contributed by atoms with van der Waals surface area (Å²) in [7, 11) is 1.58. The molecule has 1 unspecified atom stereocenters. The number of nitro groups is 1. The molecular formula is C11H15N3O4. The van der Waals surface area contributed by atoms with Gasteiger partial charge in [0.05, 0.1) is 11.0 Å². The molecule has 0 heterocycles. The van der Waals surface area contributed by atoms with Gasteiger partial charge in [0, 0.05) is 6.07 Å². The number of rotatable bonds is 6. The molecule has 3 N–H and O–H groups in total. The van der Waals surface area contributed by atoms with E-state index in [0.717, 1.165) is 0 Å². The number of hydrogen-bond acceptors (Lipinski definition) is 5. The van der Waals surface area contributed by atoms with Gasteiger partial charge in [0.15, 0.2) is 0 Å². The summed E-state index contributed by atoms with van der Waals surface area (Å²) in [4.78, 5) is 21.3.